The highest BCUT2D eigenvalue weighted by atomic mass is 35.5. The molecule has 0 atom stereocenters. The maximum Gasteiger partial charge on any atom is 0.293 e. The van der Waals surface area contributed by atoms with Gasteiger partial charge in [-0.2, -0.15) is 0 Å². The summed E-state index contributed by atoms with van der Waals surface area (Å²) in [5, 5.41) is 10.7. The van der Waals surface area contributed by atoms with E-state index in [-0.39, 0.29) is 16.4 Å². The normalized spacial score (nSPS) is 10.0. The number of nitrogens with zero attached hydrogens (tertiary/aromatic N) is 1. The first-order valence-corrected chi connectivity index (χ1v) is 4.80. The highest BCUT2D eigenvalue weighted by molar-refractivity contribution is 6.32. The van der Waals surface area contributed by atoms with Crippen molar-refractivity contribution in [3.63, 3.8) is 0 Å². The van der Waals surface area contributed by atoms with E-state index in [1.165, 1.54) is 12.1 Å². The summed E-state index contributed by atoms with van der Waals surface area (Å²) < 4.78 is 5.27. The molecule has 15 heavy (non-hydrogen) atoms. The summed E-state index contributed by atoms with van der Waals surface area (Å²) in [7, 11) is 0. The molecular formula is C9H11ClN2O3. The zero-order valence-electron chi connectivity index (χ0n) is 8.20. The molecule has 1 rings (SSSR count). The van der Waals surface area contributed by atoms with Crippen LogP contribution in [0.15, 0.2) is 12.1 Å². The van der Waals surface area contributed by atoms with Crippen molar-refractivity contribution in [3.8, 4) is 5.75 Å². The van der Waals surface area contributed by atoms with Crippen LogP contribution in [-0.4, -0.2) is 11.5 Å². The number of benzene rings is 1. The van der Waals surface area contributed by atoms with Gasteiger partial charge >= 0.3 is 0 Å². The summed E-state index contributed by atoms with van der Waals surface area (Å²) in [4.78, 5) is 9.95. The van der Waals surface area contributed by atoms with Crippen molar-refractivity contribution in [2.45, 2.75) is 13.3 Å². The number of nitrogens with two attached hydrogens (primary N) is 1. The van der Waals surface area contributed by atoms with E-state index >= 15 is 0 Å². The van der Waals surface area contributed by atoms with Crippen LogP contribution in [0.2, 0.25) is 5.02 Å². The maximum atomic E-state index is 10.5. The molecular weight excluding hydrogens is 220 g/mol. The molecule has 0 aliphatic rings. The summed E-state index contributed by atoms with van der Waals surface area (Å²) >= 11 is 5.80. The topological polar surface area (TPSA) is 78.4 Å². The van der Waals surface area contributed by atoms with Gasteiger partial charge in [0.25, 0.3) is 5.69 Å². The SMILES string of the molecule is CCCOc1cc(N)c([N+](=O)[O-])cc1Cl. The molecule has 0 heterocycles. The molecule has 1 aromatic carbocycles. The number of hydrogen-bond acceptors (Lipinski definition) is 4. The molecule has 0 radical (unpaired) electrons. The van der Waals surface area contributed by atoms with E-state index < -0.39 is 4.92 Å². The largest absolute Gasteiger partial charge is 0.492 e. The molecule has 82 valence electrons. The highest BCUT2D eigenvalue weighted by Crippen LogP contribution is 2.33. The van der Waals surface area contributed by atoms with Crippen molar-refractivity contribution in [1.82, 2.24) is 0 Å². The second kappa shape index (κ2) is 4.84. The molecule has 0 aliphatic carbocycles. The minimum Gasteiger partial charge on any atom is -0.492 e. The van der Waals surface area contributed by atoms with Crippen LogP contribution in [0.5, 0.6) is 5.75 Å². The van der Waals surface area contributed by atoms with Crippen LogP contribution in [0, 0.1) is 10.1 Å². The van der Waals surface area contributed by atoms with Gasteiger partial charge in [-0.1, -0.05) is 18.5 Å². The fourth-order valence-corrected chi connectivity index (χ4v) is 1.25. The van der Waals surface area contributed by atoms with Crippen molar-refractivity contribution in [3.05, 3.63) is 27.3 Å². The molecule has 0 bridgehead atoms. The lowest BCUT2D eigenvalue weighted by atomic mass is 10.2. The Morgan fingerprint density at radius 2 is 2.27 bits per heavy atom. The standard InChI is InChI=1S/C9H11ClN2O3/c1-2-3-15-9-5-7(11)8(12(13)14)4-6(9)10/h4-5H,2-3,11H2,1H3. The third kappa shape index (κ3) is 2.73. The summed E-state index contributed by atoms with van der Waals surface area (Å²) in [6.45, 7) is 2.44. The van der Waals surface area contributed by atoms with Gasteiger partial charge in [-0.05, 0) is 6.42 Å². The lowest BCUT2D eigenvalue weighted by Crippen LogP contribution is -2.00. The quantitative estimate of drug-likeness (QED) is 0.490. The number of rotatable bonds is 4. The van der Waals surface area contributed by atoms with Gasteiger partial charge in [0, 0.05) is 12.1 Å². The molecule has 0 fully saturated rings. The van der Waals surface area contributed by atoms with Crippen molar-refractivity contribution in [1.29, 1.82) is 0 Å². The van der Waals surface area contributed by atoms with Gasteiger partial charge in [-0.3, -0.25) is 10.1 Å². The molecule has 2 N–H and O–H groups in total. The number of halogens is 1. The number of ether oxygens (including phenoxy) is 1. The molecule has 0 aromatic heterocycles. The van der Waals surface area contributed by atoms with Crippen LogP contribution in [0.1, 0.15) is 13.3 Å². The maximum absolute atomic E-state index is 10.5. The Bertz CT molecular complexity index is 382. The fourth-order valence-electron chi connectivity index (χ4n) is 1.04. The first-order chi connectivity index (χ1) is 7.06. The number of hydrogen-bond donors (Lipinski definition) is 1. The predicted molar refractivity (Wildman–Crippen MR) is 58.3 cm³/mol. The van der Waals surface area contributed by atoms with Crippen LogP contribution < -0.4 is 10.5 Å². The zero-order chi connectivity index (χ0) is 11.4. The molecule has 0 aliphatic heterocycles. The van der Waals surface area contributed by atoms with E-state index in [2.05, 4.69) is 0 Å². The van der Waals surface area contributed by atoms with Crippen LogP contribution in [0.25, 0.3) is 0 Å². The first kappa shape index (κ1) is 11.6. The van der Waals surface area contributed by atoms with Gasteiger partial charge in [0.1, 0.15) is 11.4 Å². The van der Waals surface area contributed by atoms with Crippen LogP contribution >= 0.6 is 11.6 Å². The zero-order valence-corrected chi connectivity index (χ0v) is 8.95. The summed E-state index contributed by atoms with van der Waals surface area (Å²) in [6, 6.07) is 2.57. The number of nitrogen functional groups attached to an aromatic ring is 1. The predicted octanol–water partition coefficient (Wildman–Crippen LogP) is 2.62. The van der Waals surface area contributed by atoms with Crippen molar-refractivity contribution >= 4 is 23.0 Å². The van der Waals surface area contributed by atoms with Crippen LogP contribution in [-0.2, 0) is 0 Å². The lowest BCUT2D eigenvalue weighted by molar-refractivity contribution is -0.383. The lowest BCUT2D eigenvalue weighted by Gasteiger charge is -2.07. The van der Waals surface area contributed by atoms with E-state index in [0.29, 0.717) is 12.4 Å². The number of anilines is 1. The molecule has 0 spiro atoms. The van der Waals surface area contributed by atoms with Crippen molar-refractivity contribution < 1.29 is 9.66 Å². The van der Waals surface area contributed by atoms with Crippen molar-refractivity contribution in [2.75, 3.05) is 12.3 Å². The second-order valence-electron chi connectivity index (χ2n) is 2.95. The molecule has 6 heteroatoms. The molecule has 5 nitrogen and oxygen atoms in total. The Balaban J connectivity index is 3.02. The van der Waals surface area contributed by atoms with E-state index in [1.807, 2.05) is 6.92 Å². The Hall–Kier alpha value is -1.49. The third-order valence-corrected chi connectivity index (χ3v) is 2.03. The van der Waals surface area contributed by atoms with Crippen LogP contribution in [0.4, 0.5) is 11.4 Å². The average molecular weight is 231 g/mol. The first-order valence-electron chi connectivity index (χ1n) is 4.42. The summed E-state index contributed by atoms with van der Waals surface area (Å²) in [6.07, 6.45) is 0.827. The Kier molecular flexibility index (Phi) is 3.74. The van der Waals surface area contributed by atoms with Gasteiger partial charge in [0.2, 0.25) is 0 Å². The fraction of sp³-hybridized carbons (Fsp3) is 0.333. The Labute approximate surface area is 91.9 Å². The molecule has 0 saturated carbocycles. The monoisotopic (exact) mass is 230 g/mol. The number of nitro groups is 1. The van der Waals surface area contributed by atoms with Crippen LogP contribution in [0.3, 0.4) is 0 Å². The van der Waals surface area contributed by atoms with Gasteiger partial charge in [-0.25, -0.2) is 0 Å². The minimum atomic E-state index is -0.579. The average Bonchev–Trinajstić information content (AvgIpc) is 2.18. The molecule has 0 saturated heterocycles. The molecule has 1 aromatic rings. The second-order valence-corrected chi connectivity index (χ2v) is 3.35. The highest BCUT2D eigenvalue weighted by Gasteiger charge is 2.15. The van der Waals surface area contributed by atoms with E-state index in [1.54, 1.807) is 0 Å². The van der Waals surface area contributed by atoms with Gasteiger partial charge < -0.3 is 10.5 Å². The number of nitro benzene ring substituents is 1. The Morgan fingerprint density at radius 3 is 2.80 bits per heavy atom. The Morgan fingerprint density at radius 1 is 1.60 bits per heavy atom. The van der Waals surface area contributed by atoms with Gasteiger partial charge in [0.05, 0.1) is 16.6 Å². The summed E-state index contributed by atoms with van der Waals surface area (Å²) in [5.74, 6) is 0.376. The van der Waals surface area contributed by atoms with Gasteiger partial charge in [-0.15, -0.1) is 0 Å². The molecule has 0 amide bonds. The van der Waals surface area contributed by atoms with E-state index in [4.69, 9.17) is 22.1 Å². The van der Waals surface area contributed by atoms with E-state index in [0.717, 1.165) is 6.42 Å². The summed E-state index contributed by atoms with van der Waals surface area (Å²) in [5.41, 5.74) is 5.33. The smallest absolute Gasteiger partial charge is 0.293 e. The van der Waals surface area contributed by atoms with E-state index in [9.17, 15) is 10.1 Å². The van der Waals surface area contributed by atoms with Gasteiger partial charge in [0.15, 0.2) is 0 Å². The van der Waals surface area contributed by atoms with Crippen molar-refractivity contribution in [2.24, 2.45) is 0 Å². The molecule has 0 unspecified atom stereocenters. The third-order valence-electron chi connectivity index (χ3n) is 1.74. The minimum absolute atomic E-state index is 0.0514.